The van der Waals surface area contributed by atoms with Gasteiger partial charge in [0.2, 0.25) is 0 Å². The Kier molecular flexibility index (Phi) is 5.21. The molecule has 2 unspecified atom stereocenters. The molecule has 1 saturated carbocycles. The Hall–Kier alpha value is -1.30. The van der Waals surface area contributed by atoms with Crippen LogP contribution in [-0.2, 0) is 9.53 Å². The lowest BCUT2D eigenvalue weighted by molar-refractivity contribution is -0.139. The van der Waals surface area contributed by atoms with Crippen LogP contribution in [0.4, 0.5) is 4.79 Å². The second-order valence-electron chi connectivity index (χ2n) is 4.33. The van der Waals surface area contributed by atoms with Gasteiger partial charge in [0.1, 0.15) is 6.04 Å². The molecule has 6 nitrogen and oxygen atoms in total. The topological polar surface area (TPSA) is 87.7 Å². The molecular weight excluding hydrogens is 224 g/mol. The van der Waals surface area contributed by atoms with Gasteiger partial charge < -0.3 is 20.5 Å². The summed E-state index contributed by atoms with van der Waals surface area (Å²) >= 11 is 0. The van der Waals surface area contributed by atoms with Gasteiger partial charge in [-0.15, -0.1) is 0 Å². The monoisotopic (exact) mass is 244 g/mol. The van der Waals surface area contributed by atoms with Gasteiger partial charge in [-0.1, -0.05) is 0 Å². The number of carboxylic acid groups (broad SMARTS) is 1. The van der Waals surface area contributed by atoms with Crippen molar-refractivity contribution in [2.75, 3.05) is 13.2 Å². The molecule has 0 aromatic carbocycles. The second kappa shape index (κ2) is 6.44. The maximum atomic E-state index is 11.5. The minimum absolute atomic E-state index is 0.0837. The van der Waals surface area contributed by atoms with Crippen LogP contribution in [-0.4, -0.2) is 42.4 Å². The summed E-state index contributed by atoms with van der Waals surface area (Å²) in [6.07, 6.45) is 1.73. The van der Waals surface area contributed by atoms with Crippen molar-refractivity contribution in [2.45, 2.75) is 38.8 Å². The van der Waals surface area contributed by atoms with E-state index in [1.165, 1.54) is 0 Å². The molecule has 6 heteroatoms. The zero-order valence-electron chi connectivity index (χ0n) is 10.2. The predicted molar refractivity (Wildman–Crippen MR) is 61.8 cm³/mol. The van der Waals surface area contributed by atoms with Gasteiger partial charge >= 0.3 is 12.0 Å². The van der Waals surface area contributed by atoms with E-state index in [1.807, 2.05) is 13.8 Å². The molecular formula is C11H20N2O4. The van der Waals surface area contributed by atoms with Crippen LogP contribution in [0.15, 0.2) is 0 Å². The summed E-state index contributed by atoms with van der Waals surface area (Å²) in [5, 5.41) is 14.1. The zero-order chi connectivity index (χ0) is 12.8. The van der Waals surface area contributed by atoms with E-state index in [4.69, 9.17) is 9.84 Å². The Labute approximate surface area is 101 Å². The zero-order valence-corrected chi connectivity index (χ0v) is 10.2. The van der Waals surface area contributed by atoms with Gasteiger partial charge in [-0.2, -0.15) is 0 Å². The van der Waals surface area contributed by atoms with E-state index in [2.05, 4.69) is 10.6 Å². The lowest BCUT2D eigenvalue weighted by atomic mass is 10.2. The van der Waals surface area contributed by atoms with Gasteiger partial charge in [0.25, 0.3) is 0 Å². The minimum atomic E-state index is -0.972. The normalized spacial score (nSPS) is 18.2. The SMILES string of the molecule is CCOCC(C)NC(=O)NC(C(=O)O)C1CC1. The molecule has 0 aromatic rings. The molecule has 1 rings (SSSR count). The first kappa shape index (κ1) is 13.8. The molecule has 98 valence electrons. The van der Waals surface area contributed by atoms with Crippen LogP contribution in [0.5, 0.6) is 0 Å². The first-order valence-corrected chi connectivity index (χ1v) is 5.92. The van der Waals surface area contributed by atoms with Crippen LogP contribution >= 0.6 is 0 Å². The maximum absolute atomic E-state index is 11.5. The van der Waals surface area contributed by atoms with Crippen LogP contribution in [0, 0.1) is 5.92 Å². The number of aliphatic carboxylic acids is 1. The standard InChI is InChI=1S/C11H20N2O4/c1-3-17-6-7(2)12-11(16)13-9(10(14)15)8-4-5-8/h7-9H,3-6H2,1-2H3,(H,14,15)(H2,12,13,16). The predicted octanol–water partition coefficient (Wildman–Crippen LogP) is 0.574. The third-order valence-corrected chi connectivity index (χ3v) is 2.60. The van der Waals surface area contributed by atoms with E-state index in [9.17, 15) is 9.59 Å². The summed E-state index contributed by atoms with van der Waals surface area (Å²) in [5.41, 5.74) is 0. The molecule has 0 radical (unpaired) electrons. The molecule has 0 bridgehead atoms. The largest absolute Gasteiger partial charge is 0.480 e. The molecule has 0 aromatic heterocycles. The summed E-state index contributed by atoms with van der Waals surface area (Å²) in [6.45, 7) is 4.70. The number of carbonyl (C=O) groups excluding carboxylic acids is 1. The van der Waals surface area contributed by atoms with Crippen LogP contribution in [0.3, 0.4) is 0 Å². The Bertz CT molecular complexity index is 279. The van der Waals surface area contributed by atoms with Crippen molar-refractivity contribution in [1.82, 2.24) is 10.6 Å². The Balaban J connectivity index is 2.29. The highest BCUT2D eigenvalue weighted by molar-refractivity contribution is 5.83. The number of rotatable bonds is 7. The molecule has 0 saturated heterocycles. The second-order valence-corrected chi connectivity index (χ2v) is 4.33. The van der Waals surface area contributed by atoms with Gasteiger partial charge in [0.05, 0.1) is 12.6 Å². The summed E-state index contributed by atoms with van der Waals surface area (Å²) in [6, 6.07) is -1.35. The molecule has 17 heavy (non-hydrogen) atoms. The van der Waals surface area contributed by atoms with E-state index in [-0.39, 0.29) is 12.0 Å². The van der Waals surface area contributed by atoms with Crippen LogP contribution in [0.1, 0.15) is 26.7 Å². The van der Waals surface area contributed by atoms with Crippen molar-refractivity contribution in [3.05, 3.63) is 0 Å². The Morgan fingerprint density at radius 2 is 2.06 bits per heavy atom. The van der Waals surface area contributed by atoms with E-state index in [0.717, 1.165) is 12.8 Å². The van der Waals surface area contributed by atoms with E-state index >= 15 is 0 Å². The fourth-order valence-corrected chi connectivity index (χ4v) is 1.55. The van der Waals surface area contributed by atoms with Crippen molar-refractivity contribution in [2.24, 2.45) is 5.92 Å². The Morgan fingerprint density at radius 3 is 2.53 bits per heavy atom. The van der Waals surface area contributed by atoms with Gasteiger partial charge in [-0.05, 0) is 32.6 Å². The van der Waals surface area contributed by atoms with Crippen molar-refractivity contribution < 1.29 is 19.4 Å². The number of nitrogens with one attached hydrogen (secondary N) is 2. The third kappa shape index (κ3) is 5.04. The van der Waals surface area contributed by atoms with Gasteiger partial charge in [-0.3, -0.25) is 0 Å². The number of hydrogen-bond donors (Lipinski definition) is 3. The average molecular weight is 244 g/mol. The highest BCUT2D eigenvalue weighted by Gasteiger charge is 2.37. The molecule has 1 aliphatic carbocycles. The summed E-state index contributed by atoms with van der Waals surface area (Å²) in [5.74, 6) is -0.888. The van der Waals surface area contributed by atoms with Crippen molar-refractivity contribution >= 4 is 12.0 Å². The third-order valence-electron chi connectivity index (χ3n) is 2.60. The van der Waals surface area contributed by atoms with Crippen molar-refractivity contribution in [3.63, 3.8) is 0 Å². The molecule has 0 heterocycles. The molecule has 0 aliphatic heterocycles. The minimum Gasteiger partial charge on any atom is -0.480 e. The molecule has 0 spiro atoms. The Morgan fingerprint density at radius 1 is 1.41 bits per heavy atom. The summed E-state index contributed by atoms with van der Waals surface area (Å²) in [7, 11) is 0. The number of ether oxygens (including phenoxy) is 1. The highest BCUT2D eigenvalue weighted by Crippen LogP contribution is 2.32. The summed E-state index contributed by atoms with van der Waals surface area (Å²) < 4.78 is 5.15. The average Bonchev–Trinajstić information content (AvgIpc) is 3.06. The number of carbonyl (C=O) groups is 2. The number of amides is 2. The van der Waals surface area contributed by atoms with E-state index in [0.29, 0.717) is 13.2 Å². The quantitative estimate of drug-likeness (QED) is 0.611. The number of carboxylic acids is 1. The summed E-state index contributed by atoms with van der Waals surface area (Å²) in [4.78, 5) is 22.4. The lowest BCUT2D eigenvalue weighted by Crippen LogP contribution is -2.50. The van der Waals surface area contributed by atoms with Crippen LogP contribution in [0.25, 0.3) is 0 Å². The van der Waals surface area contributed by atoms with Gasteiger partial charge in [-0.25, -0.2) is 9.59 Å². The fraction of sp³-hybridized carbons (Fsp3) is 0.818. The number of hydrogen-bond acceptors (Lipinski definition) is 3. The first-order valence-electron chi connectivity index (χ1n) is 5.92. The first-order chi connectivity index (χ1) is 8.04. The lowest BCUT2D eigenvalue weighted by Gasteiger charge is -2.17. The maximum Gasteiger partial charge on any atom is 0.326 e. The van der Waals surface area contributed by atoms with Gasteiger partial charge in [0.15, 0.2) is 0 Å². The smallest absolute Gasteiger partial charge is 0.326 e. The van der Waals surface area contributed by atoms with Gasteiger partial charge in [0, 0.05) is 6.61 Å². The number of urea groups is 1. The van der Waals surface area contributed by atoms with Crippen LogP contribution in [0.2, 0.25) is 0 Å². The fourth-order valence-electron chi connectivity index (χ4n) is 1.55. The molecule has 1 fully saturated rings. The highest BCUT2D eigenvalue weighted by atomic mass is 16.5. The van der Waals surface area contributed by atoms with E-state index < -0.39 is 18.0 Å². The van der Waals surface area contributed by atoms with Crippen molar-refractivity contribution in [3.8, 4) is 0 Å². The van der Waals surface area contributed by atoms with Crippen LogP contribution < -0.4 is 10.6 Å². The molecule has 2 amide bonds. The molecule has 1 aliphatic rings. The molecule has 2 atom stereocenters. The van der Waals surface area contributed by atoms with Crippen molar-refractivity contribution in [1.29, 1.82) is 0 Å². The van der Waals surface area contributed by atoms with E-state index in [1.54, 1.807) is 0 Å². The molecule has 3 N–H and O–H groups in total.